The Hall–Kier alpha value is -2.76. The second-order valence-electron chi connectivity index (χ2n) is 5.90. The maximum atomic E-state index is 13.8. The van der Waals surface area contributed by atoms with Crippen LogP contribution in [0.1, 0.15) is 18.9 Å². The third kappa shape index (κ3) is 1.81. The molecule has 116 valence electrons. The molecule has 0 saturated heterocycles. The Labute approximate surface area is 132 Å². The molecule has 0 bridgehead atoms. The number of methoxy groups -OCH3 is 1. The Kier molecular flexibility index (Phi) is 2.78. The lowest BCUT2D eigenvalue weighted by Gasteiger charge is -2.40. The van der Waals surface area contributed by atoms with Crippen molar-refractivity contribution in [3.8, 4) is 11.4 Å². The standard InChI is InChI=1S/C17H14FN3O2/c1-17-6-5-10(16(22)23-2)7-14(17)13-8-11(18)3-4-12(13)15-20-19-9-21(15)17/h3-5,7-9H,6H2,1-2H3. The fourth-order valence-corrected chi connectivity index (χ4v) is 3.36. The van der Waals surface area contributed by atoms with Gasteiger partial charge >= 0.3 is 5.97 Å². The summed E-state index contributed by atoms with van der Waals surface area (Å²) in [5.41, 5.74) is 2.42. The number of allylic oxidation sites excluding steroid dienone is 2. The van der Waals surface area contributed by atoms with Crippen molar-refractivity contribution in [2.75, 3.05) is 7.11 Å². The van der Waals surface area contributed by atoms with Crippen LogP contribution in [0.3, 0.4) is 0 Å². The van der Waals surface area contributed by atoms with E-state index in [4.69, 9.17) is 4.74 Å². The zero-order chi connectivity index (χ0) is 16.2. The van der Waals surface area contributed by atoms with E-state index >= 15 is 0 Å². The summed E-state index contributed by atoms with van der Waals surface area (Å²) in [4.78, 5) is 11.9. The largest absolute Gasteiger partial charge is 0.465 e. The van der Waals surface area contributed by atoms with Crippen molar-refractivity contribution in [3.63, 3.8) is 0 Å². The first-order valence-corrected chi connectivity index (χ1v) is 7.26. The van der Waals surface area contributed by atoms with E-state index in [0.29, 0.717) is 17.8 Å². The van der Waals surface area contributed by atoms with E-state index in [9.17, 15) is 9.18 Å². The normalized spacial score (nSPS) is 21.5. The summed E-state index contributed by atoms with van der Waals surface area (Å²) in [6.07, 6.45) is 5.86. The second-order valence-corrected chi connectivity index (χ2v) is 5.90. The SMILES string of the molecule is COC(=O)C1=CCC2(C)C(=C1)c1cc(F)ccc1-c1nncn12. The van der Waals surface area contributed by atoms with Gasteiger partial charge in [-0.1, -0.05) is 6.08 Å². The van der Waals surface area contributed by atoms with Crippen LogP contribution in [0.2, 0.25) is 0 Å². The lowest BCUT2D eigenvalue weighted by Crippen LogP contribution is -2.36. The van der Waals surface area contributed by atoms with E-state index in [1.165, 1.54) is 19.2 Å². The summed E-state index contributed by atoms with van der Waals surface area (Å²) in [5, 5.41) is 8.20. The molecule has 5 nitrogen and oxygen atoms in total. The summed E-state index contributed by atoms with van der Waals surface area (Å²) >= 11 is 0. The van der Waals surface area contributed by atoms with Gasteiger partial charge in [-0.05, 0) is 48.8 Å². The number of carbonyl (C=O) groups excluding carboxylic acids is 1. The number of benzene rings is 1. The highest BCUT2D eigenvalue weighted by atomic mass is 19.1. The van der Waals surface area contributed by atoms with Crippen molar-refractivity contribution in [1.29, 1.82) is 0 Å². The van der Waals surface area contributed by atoms with Crippen molar-refractivity contribution in [2.45, 2.75) is 18.9 Å². The molecule has 4 rings (SSSR count). The monoisotopic (exact) mass is 311 g/mol. The van der Waals surface area contributed by atoms with Gasteiger partial charge in [-0.3, -0.25) is 0 Å². The van der Waals surface area contributed by atoms with Crippen LogP contribution in [0.25, 0.3) is 17.0 Å². The Morgan fingerprint density at radius 1 is 1.39 bits per heavy atom. The van der Waals surface area contributed by atoms with E-state index in [-0.39, 0.29) is 5.82 Å². The van der Waals surface area contributed by atoms with Crippen molar-refractivity contribution < 1.29 is 13.9 Å². The van der Waals surface area contributed by atoms with Crippen LogP contribution < -0.4 is 0 Å². The van der Waals surface area contributed by atoms with E-state index in [2.05, 4.69) is 10.2 Å². The van der Waals surface area contributed by atoms with Gasteiger partial charge in [0.25, 0.3) is 0 Å². The zero-order valence-electron chi connectivity index (χ0n) is 12.7. The number of halogens is 1. The molecule has 1 atom stereocenters. The minimum Gasteiger partial charge on any atom is -0.465 e. The molecule has 0 N–H and O–H groups in total. The molecule has 0 spiro atoms. The summed E-state index contributed by atoms with van der Waals surface area (Å²) in [5.74, 6) is -0.0178. The van der Waals surface area contributed by atoms with Crippen LogP contribution in [0, 0.1) is 5.82 Å². The molecular formula is C17H14FN3O2. The number of carbonyl (C=O) groups is 1. The lowest BCUT2D eigenvalue weighted by molar-refractivity contribution is -0.135. The lowest BCUT2D eigenvalue weighted by atomic mass is 9.75. The first-order valence-electron chi connectivity index (χ1n) is 7.26. The fraction of sp³-hybridized carbons (Fsp3) is 0.235. The van der Waals surface area contributed by atoms with E-state index < -0.39 is 11.5 Å². The average Bonchev–Trinajstić information content (AvgIpc) is 3.04. The fourth-order valence-electron chi connectivity index (χ4n) is 3.36. The van der Waals surface area contributed by atoms with Crippen molar-refractivity contribution in [3.05, 3.63) is 53.6 Å². The molecule has 0 saturated carbocycles. The van der Waals surface area contributed by atoms with Gasteiger partial charge in [0, 0.05) is 5.56 Å². The van der Waals surface area contributed by atoms with Gasteiger partial charge in [0.1, 0.15) is 12.1 Å². The van der Waals surface area contributed by atoms with Gasteiger partial charge in [-0.2, -0.15) is 0 Å². The van der Waals surface area contributed by atoms with Gasteiger partial charge in [-0.25, -0.2) is 9.18 Å². The molecule has 2 aliphatic rings. The third-order valence-corrected chi connectivity index (χ3v) is 4.61. The molecule has 6 heteroatoms. The van der Waals surface area contributed by atoms with Crippen LogP contribution in [-0.2, 0) is 15.1 Å². The Morgan fingerprint density at radius 2 is 2.22 bits per heavy atom. The molecule has 23 heavy (non-hydrogen) atoms. The highest BCUT2D eigenvalue weighted by molar-refractivity contribution is 5.98. The van der Waals surface area contributed by atoms with Crippen molar-refractivity contribution in [1.82, 2.24) is 14.8 Å². The van der Waals surface area contributed by atoms with Gasteiger partial charge in [0.15, 0.2) is 5.82 Å². The predicted octanol–water partition coefficient (Wildman–Crippen LogP) is 2.70. The smallest absolute Gasteiger partial charge is 0.337 e. The number of hydrogen-bond acceptors (Lipinski definition) is 4. The number of rotatable bonds is 1. The third-order valence-electron chi connectivity index (χ3n) is 4.61. The highest BCUT2D eigenvalue weighted by Gasteiger charge is 2.41. The molecule has 0 amide bonds. The van der Waals surface area contributed by atoms with Crippen molar-refractivity contribution >= 4 is 11.5 Å². The first kappa shape index (κ1) is 13.9. The first-order chi connectivity index (χ1) is 11.0. The van der Waals surface area contributed by atoms with Crippen molar-refractivity contribution in [2.24, 2.45) is 0 Å². The van der Waals surface area contributed by atoms with Gasteiger partial charge in [0.05, 0.1) is 18.2 Å². The van der Waals surface area contributed by atoms with Crippen LogP contribution in [0.15, 0.2) is 42.3 Å². The molecule has 1 aromatic heterocycles. The molecule has 1 aliphatic heterocycles. The minimum atomic E-state index is -0.461. The summed E-state index contributed by atoms with van der Waals surface area (Å²) in [6, 6.07) is 4.58. The molecule has 1 aliphatic carbocycles. The quantitative estimate of drug-likeness (QED) is 0.760. The minimum absolute atomic E-state index is 0.325. The second kappa shape index (κ2) is 4.62. The molecule has 2 aromatic rings. The number of nitrogens with zero attached hydrogens (tertiary/aromatic N) is 3. The van der Waals surface area contributed by atoms with Crippen LogP contribution in [0.4, 0.5) is 4.39 Å². The number of aromatic nitrogens is 3. The summed E-state index contributed by atoms with van der Waals surface area (Å²) in [6.45, 7) is 2.03. The summed E-state index contributed by atoms with van der Waals surface area (Å²) < 4.78 is 20.6. The van der Waals surface area contributed by atoms with Gasteiger partial charge in [-0.15, -0.1) is 10.2 Å². The molecular weight excluding hydrogens is 297 g/mol. The summed E-state index contributed by atoms with van der Waals surface area (Å²) in [7, 11) is 1.35. The molecule has 1 unspecified atom stereocenters. The van der Waals surface area contributed by atoms with Gasteiger partial charge < -0.3 is 9.30 Å². The number of ether oxygens (including phenoxy) is 1. The Balaban J connectivity index is 2.00. The van der Waals surface area contributed by atoms with E-state index in [1.54, 1.807) is 18.5 Å². The average molecular weight is 311 g/mol. The van der Waals surface area contributed by atoms with Gasteiger partial charge in [0.2, 0.25) is 0 Å². The Bertz CT molecular complexity index is 897. The topological polar surface area (TPSA) is 57.0 Å². The van der Waals surface area contributed by atoms with Crippen LogP contribution in [-0.4, -0.2) is 27.8 Å². The van der Waals surface area contributed by atoms with E-state index in [0.717, 1.165) is 16.7 Å². The van der Waals surface area contributed by atoms with Crippen LogP contribution in [0.5, 0.6) is 0 Å². The molecule has 1 aromatic carbocycles. The van der Waals surface area contributed by atoms with E-state index in [1.807, 2.05) is 17.6 Å². The highest BCUT2D eigenvalue weighted by Crippen LogP contribution is 2.49. The zero-order valence-corrected chi connectivity index (χ0v) is 12.7. The molecule has 2 heterocycles. The Morgan fingerprint density at radius 3 is 3.00 bits per heavy atom. The molecule has 0 fully saturated rings. The maximum absolute atomic E-state index is 13.8. The predicted molar refractivity (Wildman–Crippen MR) is 81.8 cm³/mol. The maximum Gasteiger partial charge on any atom is 0.337 e. The molecule has 0 radical (unpaired) electrons. The number of esters is 1. The number of fused-ring (bicyclic) bond motifs is 6. The van der Waals surface area contributed by atoms with Crippen LogP contribution >= 0.6 is 0 Å². The number of hydrogen-bond donors (Lipinski definition) is 0.